The monoisotopic (exact) mass is 320 g/mol. The Labute approximate surface area is 142 Å². The van der Waals surface area contributed by atoms with Gasteiger partial charge in [-0.25, -0.2) is 0 Å². The molecule has 0 unspecified atom stereocenters. The molecule has 24 heavy (non-hydrogen) atoms. The van der Waals surface area contributed by atoms with E-state index in [9.17, 15) is 15.2 Å². The molecule has 2 rings (SSSR count). The van der Waals surface area contributed by atoms with Crippen LogP contribution < -0.4 is 5.32 Å². The second-order valence-corrected chi connectivity index (χ2v) is 5.65. The van der Waals surface area contributed by atoms with Gasteiger partial charge < -0.3 is 10.4 Å². The van der Waals surface area contributed by atoms with Crippen molar-refractivity contribution in [2.75, 3.05) is 5.32 Å². The largest absolute Gasteiger partial charge is 0.508 e. The van der Waals surface area contributed by atoms with Gasteiger partial charge in [-0.05, 0) is 53.8 Å². The van der Waals surface area contributed by atoms with Gasteiger partial charge in [0.05, 0.1) is 0 Å². The molecule has 0 bridgehead atoms. The zero-order chi connectivity index (χ0) is 17.5. The van der Waals surface area contributed by atoms with Gasteiger partial charge in [0, 0.05) is 5.69 Å². The number of nitriles is 1. The molecule has 0 fully saturated rings. The third kappa shape index (κ3) is 4.47. The van der Waals surface area contributed by atoms with Gasteiger partial charge in [0.1, 0.15) is 17.4 Å². The maximum absolute atomic E-state index is 12.2. The molecule has 1 atom stereocenters. The van der Waals surface area contributed by atoms with Crippen LogP contribution in [-0.2, 0) is 4.79 Å². The highest BCUT2D eigenvalue weighted by molar-refractivity contribution is 6.09. The van der Waals surface area contributed by atoms with Crippen molar-refractivity contribution in [1.29, 1.82) is 5.26 Å². The molecule has 0 heterocycles. The van der Waals surface area contributed by atoms with Crippen LogP contribution in [0.2, 0.25) is 0 Å². The number of carbonyl (C=O) groups excluding carboxylic acids is 1. The smallest absolute Gasteiger partial charge is 0.266 e. The van der Waals surface area contributed by atoms with Crippen molar-refractivity contribution in [3.05, 3.63) is 65.2 Å². The summed E-state index contributed by atoms with van der Waals surface area (Å²) in [5, 5.41) is 21.2. The third-order valence-corrected chi connectivity index (χ3v) is 3.92. The Morgan fingerprint density at radius 3 is 2.38 bits per heavy atom. The molecule has 2 N–H and O–H groups in total. The number of rotatable bonds is 5. The fourth-order valence-electron chi connectivity index (χ4n) is 2.21. The van der Waals surface area contributed by atoms with E-state index in [1.807, 2.05) is 30.3 Å². The average molecular weight is 320 g/mol. The predicted molar refractivity (Wildman–Crippen MR) is 95.5 cm³/mol. The van der Waals surface area contributed by atoms with Crippen LogP contribution in [0.1, 0.15) is 37.3 Å². The molecule has 4 nitrogen and oxygen atoms in total. The lowest BCUT2D eigenvalue weighted by Crippen LogP contribution is -2.13. The van der Waals surface area contributed by atoms with Crippen molar-refractivity contribution in [2.24, 2.45) is 0 Å². The maximum atomic E-state index is 12.2. The molecule has 0 saturated carbocycles. The Balaban J connectivity index is 2.12. The molecule has 4 heteroatoms. The van der Waals surface area contributed by atoms with Gasteiger partial charge in [0.25, 0.3) is 5.91 Å². The van der Waals surface area contributed by atoms with Gasteiger partial charge in [-0.2, -0.15) is 5.26 Å². The lowest BCUT2D eigenvalue weighted by Gasteiger charge is -2.10. The number of hydrogen-bond acceptors (Lipinski definition) is 3. The number of anilines is 1. The van der Waals surface area contributed by atoms with Crippen LogP contribution >= 0.6 is 0 Å². The topological polar surface area (TPSA) is 73.1 Å². The van der Waals surface area contributed by atoms with Crippen LogP contribution in [-0.4, -0.2) is 11.0 Å². The lowest BCUT2D eigenvalue weighted by atomic mass is 9.98. The summed E-state index contributed by atoms with van der Waals surface area (Å²) in [7, 11) is 0. The Bertz CT molecular complexity index is 769. The normalized spacial score (nSPS) is 12.3. The molecule has 0 aliphatic rings. The standard InChI is InChI=1S/C20H20N2O2/c1-3-14(2)16-6-8-18(9-7-16)22-20(24)17(13-21)12-15-4-10-19(23)11-5-15/h4-12,14,23H,3H2,1-2H3,(H,22,24)/b17-12+/t14-/m1/s1. The van der Waals surface area contributed by atoms with Gasteiger partial charge in [0.2, 0.25) is 0 Å². The van der Waals surface area contributed by atoms with E-state index in [1.54, 1.807) is 12.1 Å². The summed E-state index contributed by atoms with van der Waals surface area (Å²) in [6, 6.07) is 15.9. The summed E-state index contributed by atoms with van der Waals surface area (Å²) in [5.74, 6) is 0.150. The highest BCUT2D eigenvalue weighted by atomic mass is 16.3. The fraction of sp³-hybridized carbons (Fsp3) is 0.200. The van der Waals surface area contributed by atoms with Crippen molar-refractivity contribution in [3.63, 3.8) is 0 Å². The SMILES string of the molecule is CC[C@@H](C)c1ccc(NC(=O)/C(C#N)=C/c2ccc(O)cc2)cc1. The zero-order valence-electron chi connectivity index (χ0n) is 13.8. The summed E-state index contributed by atoms with van der Waals surface area (Å²) in [4.78, 5) is 12.2. The van der Waals surface area contributed by atoms with Crippen molar-refractivity contribution < 1.29 is 9.90 Å². The highest BCUT2D eigenvalue weighted by Gasteiger charge is 2.10. The molecule has 0 aromatic heterocycles. The van der Waals surface area contributed by atoms with Gasteiger partial charge in [-0.3, -0.25) is 4.79 Å². The summed E-state index contributed by atoms with van der Waals surface area (Å²) in [6.07, 6.45) is 2.54. The minimum Gasteiger partial charge on any atom is -0.508 e. The number of nitrogens with one attached hydrogen (secondary N) is 1. The van der Waals surface area contributed by atoms with E-state index in [1.165, 1.54) is 23.8 Å². The summed E-state index contributed by atoms with van der Waals surface area (Å²) in [6.45, 7) is 4.29. The average Bonchev–Trinajstić information content (AvgIpc) is 2.61. The van der Waals surface area contributed by atoms with Crippen LogP contribution in [0.4, 0.5) is 5.69 Å². The third-order valence-electron chi connectivity index (χ3n) is 3.92. The molecular formula is C20H20N2O2. The van der Waals surface area contributed by atoms with E-state index in [-0.39, 0.29) is 11.3 Å². The van der Waals surface area contributed by atoms with Crippen molar-refractivity contribution in [2.45, 2.75) is 26.2 Å². The molecule has 0 aliphatic carbocycles. The summed E-state index contributed by atoms with van der Waals surface area (Å²) in [5.41, 5.74) is 2.55. The summed E-state index contributed by atoms with van der Waals surface area (Å²) < 4.78 is 0. The molecule has 1 amide bonds. The Hall–Kier alpha value is -3.06. The number of hydrogen-bond donors (Lipinski definition) is 2. The Morgan fingerprint density at radius 2 is 1.83 bits per heavy atom. The first kappa shape index (κ1) is 17.3. The van der Waals surface area contributed by atoms with Crippen LogP contribution in [0, 0.1) is 11.3 Å². The van der Waals surface area contributed by atoms with E-state index < -0.39 is 5.91 Å². The number of nitrogens with zero attached hydrogens (tertiary/aromatic N) is 1. The number of benzene rings is 2. The molecule has 0 spiro atoms. The van der Waals surface area contributed by atoms with E-state index in [0.29, 0.717) is 17.2 Å². The second-order valence-electron chi connectivity index (χ2n) is 5.65. The first-order valence-corrected chi connectivity index (χ1v) is 7.85. The molecule has 0 aliphatic heterocycles. The quantitative estimate of drug-likeness (QED) is 0.631. The summed E-state index contributed by atoms with van der Waals surface area (Å²) >= 11 is 0. The van der Waals surface area contributed by atoms with E-state index in [2.05, 4.69) is 19.2 Å². The van der Waals surface area contributed by atoms with Gasteiger partial charge in [-0.1, -0.05) is 38.1 Å². The first-order valence-electron chi connectivity index (χ1n) is 7.85. The van der Waals surface area contributed by atoms with E-state index >= 15 is 0 Å². The number of phenols is 1. The Kier molecular flexibility index (Phi) is 5.75. The van der Waals surface area contributed by atoms with Crippen LogP contribution in [0.15, 0.2) is 54.1 Å². The number of carbonyl (C=O) groups is 1. The molecule has 122 valence electrons. The first-order chi connectivity index (χ1) is 11.5. The number of phenolic OH excluding ortho intramolecular Hbond substituents is 1. The van der Waals surface area contributed by atoms with Gasteiger partial charge in [-0.15, -0.1) is 0 Å². The van der Waals surface area contributed by atoms with Crippen LogP contribution in [0.3, 0.4) is 0 Å². The lowest BCUT2D eigenvalue weighted by molar-refractivity contribution is -0.112. The van der Waals surface area contributed by atoms with Crippen molar-refractivity contribution in [1.82, 2.24) is 0 Å². The predicted octanol–water partition coefficient (Wildman–Crippen LogP) is 4.45. The second kappa shape index (κ2) is 7.98. The molecular weight excluding hydrogens is 300 g/mol. The van der Waals surface area contributed by atoms with Crippen LogP contribution in [0.25, 0.3) is 6.08 Å². The van der Waals surface area contributed by atoms with Gasteiger partial charge in [0.15, 0.2) is 0 Å². The Morgan fingerprint density at radius 1 is 1.21 bits per heavy atom. The minimum atomic E-state index is -0.457. The molecule has 0 radical (unpaired) electrons. The van der Waals surface area contributed by atoms with Crippen molar-refractivity contribution in [3.8, 4) is 11.8 Å². The molecule has 2 aromatic carbocycles. The molecule has 0 saturated heterocycles. The number of aromatic hydroxyl groups is 1. The number of amides is 1. The van der Waals surface area contributed by atoms with Crippen LogP contribution in [0.5, 0.6) is 5.75 Å². The van der Waals surface area contributed by atoms with Gasteiger partial charge >= 0.3 is 0 Å². The van der Waals surface area contributed by atoms with E-state index in [0.717, 1.165) is 6.42 Å². The highest BCUT2D eigenvalue weighted by Crippen LogP contribution is 2.21. The zero-order valence-corrected chi connectivity index (χ0v) is 13.8. The van der Waals surface area contributed by atoms with Crippen molar-refractivity contribution >= 4 is 17.7 Å². The molecule has 2 aromatic rings. The maximum Gasteiger partial charge on any atom is 0.266 e. The van der Waals surface area contributed by atoms with E-state index in [4.69, 9.17) is 0 Å². The minimum absolute atomic E-state index is 0.00620. The fourth-order valence-corrected chi connectivity index (χ4v) is 2.21.